The number of benzene rings is 2. The lowest BCUT2D eigenvalue weighted by molar-refractivity contribution is -0.145. The molecule has 1 saturated carbocycles. The topological polar surface area (TPSA) is 125 Å². The highest BCUT2D eigenvalue weighted by Crippen LogP contribution is 2.43. The highest BCUT2D eigenvalue weighted by atomic mass is 19.1. The number of rotatable bonds is 7. The highest BCUT2D eigenvalue weighted by molar-refractivity contribution is 6.10. The van der Waals surface area contributed by atoms with E-state index >= 15 is 0 Å². The van der Waals surface area contributed by atoms with Crippen molar-refractivity contribution in [2.45, 2.75) is 56.7 Å². The summed E-state index contributed by atoms with van der Waals surface area (Å²) in [6.07, 6.45) is 6.51. The number of imide groups is 1. The molecule has 1 aliphatic heterocycles. The Bertz CT molecular complexity index is 1560. The molecule has 42 heavy (non-hydrogen) atoms. The molecule has 0 bridgehead atoms. The summed E-state index contributed by atoms with van der Waals surface area (Å²) in [7, 11) is 1.84. The number of carboxylic acids is 1. The van der Waals surface area contributed by atoms with Crippen molar-refractivity contribution in [2.75, 3.05) is 6.54 Å². The zero-order valence-corrected chi connectivity index (χ0v) is 23.3. The Morgan fingerprint density at radius 2 is 1.83 bits per heavy atom. The van der Waals surface area contributed by atoms with Gasteiger partial charge in [0.2, 0.25) is 5.91 Å². The zero-order valence-electron chi connectivity index (χ0n) is 23.3. The van der Waals surface area contributed by atoms with Gasteiger partial charge in [-0.15, -0.1) is 0 Å². The van der Waals surface area contributed by atoms with Gasteiger partial charge in [-0.3, -0.25) is 24.0 Å². The van der Waals surface area contributed by atoms with Crippen molar-refractivity contribution < 1.29 is 28.7 Å². The van der Waals surface area contributed by atoms with Gasteiger partial charge in [0.1, 0.15) is 17.9 Å². The Morgan fingerprint density at radius 1 is 1.10 bits per heavy atom. The third-order valence-corrected chi connectivity index (χ3v) is 8.91. The maximum atomic E-state index is 13.9. The van der Waals surface area contributed by atoms with E-state index in [-0.39, 0.29) is 12.6 Å². The van der Waals surface area contributed by atoms with Crippen LogP contribution in [0.5, 0.6) is 0 Å². The Kier molecular flexibility index (Phi) is 7.04. The van der Waals surface area contributed by atoms with Crippen molar-refractivity contribution in [3.8, 4) is 11.1 Å². The van der Waals surface area contributed by atoms with Crippen LogP contribution in [0.1, 0.15) is 48.8 Å². The molecule has 2 heterocycles. The van der Waals surface area contributed by atoms with Gasteiger partial charge < -0.3 is 15.3 Å². The van der Waals surface area contributed by atoms with Crippen molar-refractivity contribution >= 4 is 23.8 Å². The summed E-state index contributed by atoms with van der Waals surface area (Å²) >= 11 is 0. The first-order valence-electron chi connectivity index (χ1n) is 14.2. The fourth-order valence-electron chi connectivity index (χ4n) is 6.61. The molecule has 2 aliphatic carbocycles. The van der Waals surface area contributed by atoms with Crippen LogP contribution < -0.4 is 5.32 Å². The van der Waals surface area contributed by atoms with E-state index in [4.69, 9.17) is 0 Å². The summed E-state index contributed by atoms with van der Waals surface area (Å²) in [5.41, 5.74) is 3.10. The SMILES string of the molecule is Cn1cc(-c2ccc3c(c2)CC[C@]32NC(=O)N(CC(=O)N(Cc3ccc(F)cc3)C3CCC(C(=O)O)CC3)C2=O)cn1. The first-order chi connectivity index (χ1) is 20.1. The van der Waals surface area contributed by atoms with Crippen LogP contribution in [0, 0.1) is 11.7 Å². The molecular formula is C31H32FN5O5. The summed E-state index contributed by atoms with van der Waals surface area (Å²) in [5.74, 6) is -2.57. The molecule has 0 radical (unpaired) electrons. The number of hydrogen-bond donors (Lipinski definition) is 2. The quantitative estimate of drug-likeness (QED) is 0.417. The van der Waals surface area contributed by atoms with Crippen molar-refractivity contribution in [3.05, 3.63) is 77.4 Å². The lowest BCUT2D eigenvalue weighted by Gasteiger charge is -2.36. The van der Waals surface area contributed by atoms with E-state index in [1.807, 2.05) is 31.4 Å². The van der Waals surface area contributed by atoms with E-state index in [1.165, 1.54) is 12.1 Å². The van der Waals surface area contributed by atoms with E-state index in [0.29, 0.717) is 44.1 Å². The molecule has 2 fully saturated rings. The Hall–Kier alpha value is -4.54. The Labute approximate surface area is 242 Å². The number of carbonyl (C=O) groups excluding carboxylic acids is 3. The molecule has 3 aromatic rings. The van der Waals surface area contributed by atoms with Gasteiger partial charge in [-0.2, -0.15) is 5.10 Å². The summed E-state index contributed by atoms with van der Waals surface area (Å²) in [5, 5.41) is 16.5. The van der Waals surface area contributed by atoms with Crippen LogP contribution in [-0.2, 0) is 39.9 Å². The molecule has 1 saturated heterocycles. The average Bonchev–Trinajstić information content (AvgIpc) is 3.65. The maximum absolute atomic E-state index is 13.9. The molecular weight excluding hydrogens is 541 g/mol. The van der Waals surface area contributed by atoms with E-state index in [2.05, 4.69) is 10.4 Å². The van der Waals surface area contributed by atoms with E-state index in [1.54, 1.807) is 27.9 Å². The fraction of sp³-hybridized carbons (Fsp3) is 0.387. The van der Waals surface area contributed by atoms with E-state index < -0.39 is 47.6 Å². The van der Waals surface area contributed by atoms with Gasteiger partial charge in [-0.05, 0) is 72.9 Å². The summed E-state index contributed by atoms with van der Waals surface area (Å²) in [4.78, 5) is 54.9. The summed E-state index contributed by atoms with van der Waals surface area (Å²) in [6.45, 7) is -0.272. The highest BCUT2D eigenvalue weighted by Gasteiger charge is 2.56. The van der Waals surface area contributed by atoms with Gasteiger partial charge in [0.15, 0.2) is 0 Å². The third kappa shape index (κ3) is 4.93. The molecule has 6 rings (SSSR count). The van der Waals surface area contributed by atoms with Crippen LogP contribution in [-0.4, -0.2) is 61.1 Å². The van der Waals surface area contributed by atoms with Crippen LogP contribution in [0.15, 0.2) is 54.9 Å². The minimum absolute atomic E-state index is 0.163. The second-order valence-electron chi connectivity index (χ2n) is 11.5. The number of carbonyl (C=O) groups is 4. The first-order valence-corrected chi connectivity index (χ1v) is 14.2. The Morgan fingerprint density at radius 3 is 2.50 bits per heavy atom. The molecule has 2 N–H and O–H groups in total. The minimum Gasteiger partial charge on any atom is -0.481 e. The number of fused-ring (bicyclic) bond motifs is 2. The van der Waals surface area contributed by atoms with Crippen LogP contribution in [0.25, 0.3) is 11.1 Å². The molecule has 1 aromatic heterocycles. The molecule has 0 unspecified atom stereocenters. The predicted molar refractivity (Wildman–Crippen MR) is 149 cm³/mol. The van der Waals surface area contributed by atoms with Crippen LogP contribution in [0.4, 0.5) is 9.18 Å². The first kappa shape index (κ1) is 27.6. The largest absolute Gasteiger partial charge is 0.481 e. The smallest absolute Gasteiger partial charge is 0.325 e. The van der Waals surface area contributed by atoms with Crippen LogP contribution in [0.3, 0.4) is 0 Å². The molecule has 218 valence electrons. The number of amides is 4. The van der Waals surface area contributed by atoms with Gasteiger partial charge in [-0.25, -0.2) is 9.18 Å². The normalized spacial score (nSPS) is 23.2. The average molecular weight is 574 g/mol. The Balaban J connectivity index is 1.22. The number of hydrogen-bond acceptors (Lipinski definition) is 5. The monoisotopic (exact) mass is 573 g/mol. The molecule has 3 aliphatic rings. The number of urea groups is 1. The molecule has 11 heteroatoms. The van der Waals surface area contributed by atoms with Crippen molar-refractivity contribution in [1.82, 2.24) is 24.9 Å². The van der Waals surface area contributed by atoms with Gasteiger partial charge in [0.25, 0.3) is 5.91 Å². The second kappa shape index (κ2) is 10.7. The van der Waals surface area contributed by atoms with Gasteiger partial charge >= 0.3 is 12.0 Å². The number of nitrogens with zero attached hydrogens (tertiary/aromatic N) is 4. The minimum atomic E-state index is -1.22. The zero-order chi connectivity index (χ0) is 29.6. The number of aromatic nitrogens is 2. The summed E-state index contributed by atoms with van der Waals surface area (Å²) < 4.78 is 15.3. The number of aliphatic carboxylic acids is 1. The van der Waals surface area contributed by atoms with E-state index in [9.17, 15) is 28.7 Å². The maximum Gasteiger partial charge on any atom is 0.325 e. The van der Waals surface area contributed by atoms with Gasteiger partial charge in [-0.1, -0.05) is 30.3 Å². The molecule has 1 atom stereocenters. The second-order valence-corrected chi connectivity index (χ2v) is 11.5. The third-order valence-electron chi connectivity index (χ3n) is 8.91. The van der Waals surface area contributed by atoms with E-state index in [0.717, 1.165) is 27.2 Å². The number of halogens is 1. The van der Waals surface area contributed by atoms with Gasteiger partial charge in [0.05, 0.1) is 12.1 Å². The summed E-state index contributed by atoms with van der Waals surface area (Å²) in [6, 6.07) is 10.7. The predicted octanol–water partition coefficient (Wildman–Crippen LogP) is 3.59. The van der Waals surface area contributed by atoms with Crippen molar-refractivity contribution in [3.63, 3.8) is 0 Å². The number of carboxylic acid groups (broad SMARTS) is 1. The standard InChI is InChI=1S/C31H32FN5O5/c1-35-17-23(15-33-35)21-6-11-26-22(14-21)12-13-31(26)29(41)37(30(42)34-31)18-27(38)36(16-19-2-7-24(32)8-3-19)25-9-4-20(5-10-25)28(39)40/h2-3,6-8,11,14-15,17,20,25H,4-5,9-10,12-13,16,18H2,1H3,(H,34,42)(H,39,40)/t20?,25?,31-/m0/s1. The molecule has 1 spiro atoms. The lowest BCUT2D eigenvalue weighted by Crippen LogP contribution is -2.48. The van der Waals surface area contributed by atoms with Gasteiger partial charge in [0, 0.05) is 31.4 Å². The van der Waals surface area contributed by atoms with Crippen molar-refractivity contribution in [2.24, 2.45) is 13.0 Å². The van der Waals surface area contributed by atoms with Crippen molar-refractivity contribution in [1.29, 1.82) is 0 Å². The number of aryl methyl sites for hydroxylation is 2. The number of nitrogens with one attached hydrogen (secondary N) is 1. The van der Waals surface area contributed by atoms with Crippen LogP contribution >= 0.6 is 0 Å². The molecule has 2 aromatic carbocycles. The van der Waals surface area contributed by atoms with Crippen LogP contribution in [0.2, 0.25) is 0 Å². The fourth-order valence-corrected chi connectivity index (χ4v) is 6.61. The lowest BCUT2D eigenvalue weighted by atomic mass is 9.85. The molecule has 10 nitrogen and oxygen atoms in total. The molecule has 4 amide bonds.